The van der Waals surface area contributed by atoms with Crippen molar-refractivity contribution in [2.45, 2.75) is 38.9 Å². The number of rotatable bonds is 6. The van der Waals surface area contributed by atoms with Crippen LogP contribution in [0.4, 0.5) is 4.79 Å². The fourth-order valence-corrected chi connectivity index (χ4v) is 3.21. The van der Waals surface area contributed by atoms with Crippen molar-refractivity contribution in [1.29, 1.82) is 0 Å². The predicted octanol–water partition coefficient (Wildman–Crippen LogP) is 2.22. The lowest BCUT2D eigenvalue weighted by Gasteiger charge is -2.19. The second-order valence-electron chi connectivity index (χ2n) is 6.67. The molecular weight excluding hydrogens is 342 g/mol. The molecule has 0 spiro atoms. The van der Waals surface area contributed by atoms with Gasteiger partial charge in [-0.15, -0.1) is 0 Å². The Balaban J connectivity index is 1.69. The molecule has 0 bridgehead atoms. The van der Waals surface area contributed by atoms with Gasteiger partial charge in [0.05, 0.1) is 5.56 Å². The Morgan fingerprint density at radius 2 is 2.04 bits per heavy atom. The van der Waals surface area contributed by atoms with E-state index in [4.69, 9.17) is 9.47 Å². The number of pyridine rings is 1. The van der Waals surface area contributed by atoms with Gasteiger partial charge < -0.3 is 20.1 Å². The minimum absolute atomic E-state index is 0.205. The lowest BCUT2D eigenvalue weighted by Crippen LogP contribution is -2.37. The Morgan fingerprint density at radius 3 is 2.64 bits per heavy atom. The second kappa shape index (κ2) is 8.94. The number of carbonyl (C=O) groups is 2. The largest absolute Gasteiger partial charge is 0.473 e. The third kappa shape index (κ3) is 7.21. The van der Waals surface area contributed by atoms with Crippen molar-refractivity contribution in [2.24, 2.45) is 0 Å². The molecule has 1 saturated heterocycles. The maximum absolute atomic E-state index is 12.0. The van der Waals surface area contributed by atoms with Crippen LogP contribution in [0.15, 0.2) is 18.3 Å². The summed E-state index contributed by atoms with van der Waals surface area (Å²) in [5, 5.41) is 5.30. The van der Waals surface area contributed by atoms with Gasteiger partial charge in [0.2, 0.25) is 5.88 Å². The molecule has 25 heavy (non-hydrogen) atoms. The van der Waals surface area contributed by atoms with E-state index in [1.165, 1.54) is 6.20 Å². The van der Waals surface area contributed by atoms with Gasteiger partial charge in [-0.1, -0.05) is 0 Å². The first kappa shape index (κ1) is 19.4. The highest BCUT2D eigenvalue weighted by Crippen LogP contribution is 2.21. The maximum atomic E-state index is 12.0. The quantitative estimate of drug-likeness (QED) is 0.750. The number of hydrogen-bond donors (Lipinski definition) is 2. The molecule has 1 aliphatic heterocycles. The molecular formula is C17H25N3O4S. The number of alkyl carbamates (subject to hydrolysis) is 1. The zero-order valence-electron chi connectivity index (χ0n) is 14.8. The smallest absolute Gasteiger partial charge is 0.407 e. The van der Waals surface area contributed by atoms with E-state index in [0.717, 1.165) is 17.9 Å². The van der Waals surface area contributed by atoms with Crippen LogP contribution < -0.4 is 15.4 Å². The first-order valence-corrected chi connectivity index (χ1v) is 9.44. The van der Waals surface area contributed by atoms with Crippen molar-refractivity contribution in [3.05, 3.63) is 23.9 Å². The molecule has 1 atom stereocenters. The number of thioether (sulfide) groups is 1. The van der Waals surface area contributed by atoms with E-state index in [0.29, 0.717) is 18.0 Å². The number of nitrogens with one attached hydrogen (secondary N) is 2. The van der Waals surface area contributed by atoms with Gasteiger partial charge in [-0.05, 0) is 39.0 Å². The average Bonchev–Trinajstić information content (AvgIpc) is 3.03. The van der Waals surface area contributed by atoms with Crippen molar-refractivity contribution < 1.29 is 19.1 Å². The van der Waals surface area contributed by atoms with Crippen LogP contribution >= 0.6 is 11.8 Å². The molecule has 0 aromatic carbocycles. The molecule has 0 unspecified atom stereocenters. The van der Waals surface area contributed by atoms with Gasteiger partial charge in [-0.25, -0.2) is 9.78 Å². The number of aromatic nitrogens is 1. The van der Waals surface area contributed by atoms with E-state index < -0.39 is 11.7 Å². The topological polar surface area (TPSA) is 89.6 Å². The second-order valence-corrected chi connectivity index (χ2v) is 7.82. The first-order valence-electron chi connectivity index (χ1n) is 8.29. The first-order chi connectivity index (χ1) is 11.8. The monoisotopic (exact) mass is 367 g/mol. The van der Waals surface area contributed by atoms with Crippen molar-refractivity contribution in [2.75, 3.05) is 24.6 Å². The lowest BCUT2D eigenvalue weighted by molar-refractivity contribution is 0.0526. The van der Waals surface area contributed by atoms with Crippen molar-refractivity contribution in [3.63, 3.8) is 0 Å². The molecule has 1 aromatic rings. The lowest BCUT2D eigenvalue weighted by atomic mass is 10.2. The Morgan fingerprint density at radius 1 is 1.28 bits per heavy atom. The molecule has 2 N–H and O–H groups in total. The van der Waals surface area contributed by atoms with E-state index in [-0.39, 0.29) is 18.6 Å². The molecule has 2 heterocycles. The van der Waals surface area contributed by atoms with E-state index >= 15 is 0 Å². The molecule has 0 radical (unpaired) electrons. The number of hydrogen-bond acceptors (Lipinski definition) is 6. The summed E-state index contributed by atoms with van der Waals surface area (Å²) in [5.74, 6) is 2.38. The van der Waals surface area contributed by atoms with E-state index in [2.05, 4.69) is 15.6 Å². The average molecular weight is 367 g/mol. The van der Waals surface area contributed by atoms with Gasteiger partial charge in [0.25, 0.3) is 5.91 Å². The van der Waals surface area contributed by atoms with Gasteiger partial charge in [-0.3, -0.25) is 4.79 Å². The summed E-state index contributed by atoms with van der Waals surface area (Å²) in [5.41, 5.74) is -0.0922. The predicted molar refractivity (Wildman–Crippen MR) is 97.2 cm³/mol. The summed E-state index contributed by atoms with van der Waals surface area (Å²) in [6, 6.07) is 3.39. The zero-order valence-corrected chi connectivity index (χ0v) is 15.6. The molecule has 0 saturated carbocycles. The van der Waals surface area contributed by atoms with E-state index in [1.54, 1.807) is 32.9 Å². The summed E-state index contributed by atoms with van der Waals surface area (Å²) in [4.78, 5) is 27.7. The highest BCUT2D eigenvalue weighted by atomic mass is 32.2. The van der Waals surface area contributed by atoms with Crippen LogP contribution in [0.1, 0.15) is 37.6 Å². The molecule has 1 aromatic heterocycles. The van der Waals surface area contributed by atoms with Crippen molar-refractivity contribution >= 4 is 23.8 Å². The molecule has 8 heteroatoms. The van der Waals surface area contributed by atoms with Crippen LogP contribution in [-0.2, 0) is 4.74 Å². The molecule has 7 nitrogen and oxygen atoms in total. The van der Waals surface area contributed by atoms with E-state index in [9.17, 15) is 9.59 Å². The number of ether oxygens (including phenoxy) is 2. The summed E-state index contributed by atoms with van der Waals surface area (Å²) in [7, 11) is 0. The Kier molecular flexibility index (Phi) is 6.92. The molecule has 2 amide bonds. The van der Waals surface area contributed by atoms with Gasteiger partial charge in [0.1, 0.15) is 11.7 Å². The number of carbonyl (C=O) groups excluding carboxylic acids is 2. The molecule has 0 aliphatic carbocycles. The number of nitrogens with zero attached hydrogens (tertiary/aromatic N) is 1. The Hall–Kier alpha value is -1.96. The van der Waals surface area contributed by atoms with Crippen LogP contribution in [-0.4, -0.2) is 53.3 Å². The van der Waals surface area contributed by atoms with E-state index in [1.807, 2.05) is 11.8 Å². The fraction of sp³-hybridized carbons (Fsp3) is 0.588. The minimum atomic E-state index is -0.542. The van der Waals surface area contributed by atoms with Crippen LogP contribution in [0, 0.1) is 0 Å². The summed E-state index contributed by atoms with van der Waals surface area (Å²) >= 11 is 1.87. The SMILES string of the molecule is CC(C)(C)OC(=O)NCCNC(=O)c1ccc(O[C@H]2CCSC2)nc1. The number of amides is 2. The highest BCUT2D eigenvalue weighted by Gasteiger charge is 2.18. The van der Waals surface area contributed by atoms with Crippen LogP contribution in [0.2, 0.25) is 0 Å². The third-order valence-corrected chi connectivity index (χ3v) is 4.38. The standard InChI is InChI=1S/C17H25N3O4S/c1-17(2,3)24-16(22)19-8-7-18-15(21)12-4-5-14(20-10-12)23-13-6-9-25-11-13/h4-5,10,13H,6-9,11H2,1-3H3,(H,18,21)(H,19,22)/t13-/m0/s1. The van der Waals surface area contributed by atoms with Gasteiger partial charge in [0, 0.05) is 31.1 Å². The van der Waals surface area contributed by atoms with Gasteiger partial charge >= 0.3 is 6.09 Å². The van der Waals surface area contributed by atoms with Crippen LogP contribution in [0.25, 0.3) is 0 Å². The van der Waals surface area contributed by atoms with Crippen LogP contribution in [0.5, 0.6) is 5.88 Å². The molecule has 1 aliphatic rings. The summed E-state index contributed by atoms with van der Waals surface area (Å²) in [6.45, 7) is 5.96. The molecule has 2 rings (SSSR count). The Labute approximate surface area is 152 Å². The molecule has 1 fully saturated rings. The van der Waals surface area contributed by atoms with Crippen molar-refractivity contribution in [3.8, 4) is 5.88 Å². The maximum Gasteiger partial charge on any atom is 0.407 e. The zero-order chi connectivity index (χ0) is 18.3. The molecule has 138 valence electrons. The normalized spacial score (nSPS) is 17.0. The minimum Gasteiger partial charge on any atom is -0.473 e. The third-order valence-electron chi connectivity index (χ3n) is 3.25. The Bertz CT molecular complexity index is 581. The summed E-state index contributed by atoms with van der Waals surface area (Å²) in [6.07, 6.45) is 2.22. The van der Waals surface area contributed by atoms with Crippen molar-refractivity contribution in [1.82, 2.24) is 15.6 Å². The summed E-state index contributed by atoms with van der Waals surface area (Å²) < 4.78 is 10.9. The fourth-order valence-electron chi connectivity index (χ4n) is 2.12. The van der Waals surface area contributed by atoms with Gasteiger partial charge in [0.15, 0.2) is 0 Å². The van der Waals surface area contributed by atoms with Crippen LogP contribution in [0.3, 0.4) is 0 Å². The highest BCUT2D eigenvalue weighted by molar-refractivity contribution is 7.99. The van der Waals surface area contributed by atoms with Gasteiger partial charge in [-0.2, -0.15) is 11.8 Å².